The average molecular weight is 275 g/mol. The predicted molar refractivity (Wildman–Crippen MR) is 76.9 cm³/mol. The molecule has 1 aliphatic heterocycles. The summed E-state index contributed by atoms with van der Waals surface area (Å²) in [6.45, 7) is 0.594. The fraction of sp³-hybridized carbons (Fsp3) is 0.562. The Balaban J connectivity index is 1.93. The van der Waals surface area contributed by atoms with Crippen molar-refractivity contribution in [3.8, 4) is 5.75 Å². The quantitative estimate of drug-likeness (QED) is 0.902. The Morgan fingerprint density at radius 2 is 2.05 bits per heavy atom. The van der Waals surface area contributed by atoms with Crippen LogP contribution in [0.2, 0.25) is 0 Å². The fourth-order valence-electron chi connectivity index (χ4n) is 3.32. The lowest BCUT2D eigenvalue weighted by Gasteiger charge is -2.34. The van der Waals surface area contributed by atoms with Crippen molar-refractivity contribution in [1.29, 1.82) is 0 Å². The molecule has 4 nitrogen and oxygen atoms in total. The maximum Gasteiger partial charge on any atom is 0.230 e. The molecule has 0 aromatic heterocycles. The molecule has 4 heteroatoms. The van der Waals surface area contributed by atoms with Gasteiger partial charge in [0.1, 0.15) is 5.75 Å². The van der Waals surface area contributed by atoms with Crippen LogP contribution < -0.4 is 9.64 Å². The average Bonchev–Trinajstić information content (AvgIpc) is 3.01. The highest BCUT2D eigenvalue weighted by molar-refractivity contribution is 5.96. The van der Waals surface area contributed by atoms with Crippen LogP contribution in [0.4, 0.5) is 5.69 Å². The van der Waals surface area contributed by atoms with Gasteiger partial charge in [-0.3, -0.25) is 4.79 Å². The number of hydrogen-bond donors (Lipinski definition) is 1. The molecule has 1 aromatic rings. The number of ether oxygens (including phenoxy) is 1. The van der Waals surface area contributed by atoms with Gasteiger partial charge in [0.25, 0.3) is 0 Å². The van der Waals surface area contributed by atoms with Gasteiger partial charge in [0.15, 0.2) is 0 Å². The summed E-state index contributed by atoms with van der Waals surface area (Å²) >= 11 is 0. The molecule has 1 aromatic carbocycles. The van der Waals surface area contributed by atoms with Crippen molar-refractivity contribution in [2.45, 2.75) is 38.2 Å². The molecular weight excluding hydrogens is 254 g/mol. The van der Waals surface area contributed by atoms with E-state index >= 15 is 0 Å². The van der Waals surface area contributed by atoms with Gasteiger partial charge in [-0.2, -0.15) is 0 Å². The lowest BCUT2D eigenvalue weighted by Crippen LogP contribution is -2.40. The zero-order valence-electron chi connectivity index (χ0n) is 11.8. The lowest BCUT2D eigenvalue weighted by molar-refractivity contribution is -0.122. The second-order valence-corrected chi connectivity index (χ2v) is 5.70. The van der Waals surface area contributed by atoms with Gasteiger partial charge in [-0.15, -0.1) is 0 Å². The van der Waals surface area contributed by atoms with E-state index in [1.54, 1.807) is 7.11 Å². The molecule has 1 unspecified atom stereocenters. The summed E-state index contributed by atoms with van der Waals surface area (Å²) in [4.78, 5) is 14.5. The molecule has 1 N–H and O–H groups in total. The lowest BCUT2D eigenvalue weighted by atomic mass is 9.96. The van der Waals surface area contributed by atoms with Crippen LogP contribution in [0.3, 0.4) is 0 Å². The smallest absolute Gasteiger partial charge is 0.230 e. The first-order valence-electron chi connectivity index (χ1n) is 7.38. The van der Waals surface area contributed by atoms with E-state index in [2.05, 4.69) is 0 Å². The third kappa shape index (κ3) is 2.29. The molecule has 0 saturated heterocycles. The van der Waals surface area contributed by atoms with E-state index in [1.165, 1.54) is 0 Å². The Morgan fingerprint density at radius 3 is 2.75 bits per heavy atom. The molecule has 1 atom stereocenters. The Bertz CT molecular complexity index is 508. The van der Waals surface area contributed by atoms with E-state index in [4.69, 9.17) is 4.74 Å². The molecule has 108 valence electrons. The highest BCUT2D eigenvalue weighted by Crippen LogP contribution is 2.38. The fourth-order valence-corrected chi connectivity index (χ4v) is 3.32. The summed E-state index contributed by atoms with van der Waals surface area (Å²) < 4.78 is 5.25. The van der Waals surface area contributed by atoms with Crippen LogP contribution in [0, 0.1) is 5.92 Å². The maximum atomic E-state index is 12.7. The first kappa shape index (κ1) is 13.4. The van der Waals surface area contributed by atoms with E-state index in [9.17, 15) is 9.90 Å². The zero-order valence-corrected chi connectivity index (χ0v) is 11.8. The van der Waals surface area contributed by atoms with Gasteiger partial charge in [0, 0.05) is 24.1 Å². The van der Waals surface area contributed by atoms with Crippen LogP contribution in [0.5, 0.6) is 5.75 Å². The summed E-state index contributed by atoms with van der Waals surface area (Å²) in [5.41, 5.74) is 1.66. The Morgan fingerprint density at radius 1 is 1.30 bits per heavy atom. The summed E-state index contributed by atoms with van der Waals surface area (Å²) in [5, 5.41) is 10.1. The van der Waals surface area contributed by atoms with E-state index in [0.717, 1.165) is 42.7 Å². The third-order valence-electron chi connectivity index (χ3n) is 4.48. The van der Waals surface area contributed by atoms with Crippen molar-refractivity contribution in [2.75, 3.05) is 18.6 Å². The molecule has 3 rings (SSSR count). The van der Waals surface area contributed by atoms with Crippen LogP contribution in [-0.2, 0) is 4.79 Å². The number of nitrogens with zero attached hydrogens (tertiary/aromatic N) is 1. The second-order valence-electron chi connectivity index (χ2n) is 5.70. The summed E-state index contributed by atoms with van der Waals surface area (Å²) in [6, 6.07) is 5.57. The van der Waals surface area contributed by atoms with Crippen molar-refractivity contribution in [2.24, 2.45) is 5.92 Å². The third-order valence-corrected chi connectivity index (χ3v) is 4.48. The predicted octanol–water partition coefficient (Wildman–Crippen LogP) is 2.66. The van der Waals surface area contributed by atoms with Gasteiger partial charge in [-0.1, -0.05) is 18.9 Å². The number of hydrogen-bond acceptors (Lipinski definition) is 3. The molecule has 1 aliphatic carbocycles. The summed E-state index contributed by atoms with van der Waals surface area (Å²) in [6.07, 6.45) is 4.42. The number of carbonyl (C=O) groups excluding carboxylic acids is 1. The van der Waals surface area contributed by atoms with Crippen LogP contribution in [-0.4, -0.2) is 24.7 Å². The molecule has 0 radical (unpaired) electrons. The molecule has 2 aliphatic rings. The molecule has 20 heavy (non-hydrogen) atoms. The van der Waals surface area contributed by atoms with Gasteiger partial charge < -0.3 is 14.7 Å². The molecule has 1 fully saturated rings. The topological polar surface area (TPSA) is 49.8 Å². The van der Waals surface area contributed by atoms with Gasteiger partial charge in [-0.25, -0.2) is 0 Å². The number of fused-ring (bicyclic) bond motifs is 1. The van der Waals surface area contributed by atoms with Crippen LogP contribution >= 0.6 is 0 Å². The van der Waals surface area contributed by atoms with E-state index < -0.39 is 6.10 Å². The van der Waals surface area contributed by atoms with Crippen molar-refractivity contribution in [3.05, 3.63) is 23.8 Å². The number of aliphatic hydroxyl groups excluding tert-OH is 1. The van der Waals surface area contributed by atoms with Crippen LogP contribution in [0.25, 0.3) is 0 Å². The van der Waals surface area contributed by atoms with Gasteiger partial charge in [-0.05, 0) is 25.3 Å². The Kier molecular flexibility index (Phi) is 3.66. The Hall–Kier alpha value is -1.55. The molecule has 1 saturated carbocycles. The number of carbonyl (C=O) groups is 1. The summed E-state index contributed by atoms with van der Waals surface area (Å²) in [5.74, 6) is 1.09. The minimum atomic E-state index is -0.483. The highest BCUT2D eigenvalue weighted by Gasteiger charge is 2.33. The van der Waals surface area contributed by atoms with Gasteiger partial charge in [0.05, 0.1) is 18.9 Å². The molecular formula is C16H21NO3. The summed E-state index contributed by atoms with van der Waals surface area (Å²) in [7, 11) is 1.62. The number of methoxy groups -OCH3 is 1. The second kappa shape index (κ2) is 5.44. The van der Waals surface area contributed by atoms with E-state index in [1.807, 2.05) is 23.1 Å². The molecule has 0 spiro atoms. The number of rotatable bonds is 2. The normalized spacial score (nSPS) is 22.7. The number of amides is 1. The van der Waals surface area contributed by atoms with E-state index in [0.29, 0.717) is 13.0 Å². The van der Waals surface area contributed by atoms with Crippen molar-refractivity contribution >= 4 is 11.6 Å². The number of aliphatic hydroxyl groups is 1. The van der Waals surface area contributed by atoms with Crippen LogP contribution in [0.1, 0.15) is 43.8 Å². The Labute approximate surface area is 119 Å². The molecule has 1 amide bonds. The SMILES string of the molecule is COc1ccc2c(c1)N(C(=O)C1CCCC1)CCC2O. The zero-order chi connectivity index (χ0) is 14.1. The monoisotopic (exact) mass is 275 g/mol. The molecule has 0 bridgehead atoms. The minimum Gasteiger partial charge on any atom is -0.497 e. The van der Waals surface area contributed by atoms with Gasteiger partial charge >= 0.3 is 0 Å². The standard InChI is InChI=1S/C16H21NO3/c1-20-12-6-7-13-14(10-12)17(9-8-15(13)18)16(19)11-4-2-3-5-11/h6-7,10-11,15,18H,2-5,8-9H2,1H3. The number of anilines is 1. The highest BCUT2D eigenvalue weighted by atomic mass is 16.5. The first-order valence-corrected chi connectivity index (χ1v) is 7.38. The first-order chi connectivity index (χ1) is 9.70. The van der Waals surface area contributed by atoms with Crippen molar-refractivity contribution in [1.82, 2.24) is 0 Å². The van der Waals surface area contributed by atoms with E-state index in [-0.39, 0.29) is 11.8 Å². The largest absolute Gasteiger partial charge is 0.497 e. The molecule has 1 heterocycles. The van der Waals surface area contributed by atoms with Gasteiger partial charge in [0.2, 0.25) is 5.91 Å². The van der Waals surface area contributed by atoms with Crippen molar-refractivity contribution in [3.63, 3.8) is 0 Å². The minimum absolute atomic E-state index is 0.157. The number of benzene rings is 1. The maximum absolute atomic E-state index is 12.7. The van der Waals surface area contributed by atoms with Crippen LogP contribution in [0.15, 0.2) is 18.2 Å². The van der Waals surface area contributed by atoms with Crippen molar-refractivity contribution < 1.29 is 14.6 Å².